The summed E-state index contributed by atoms with van der Waals surface area (Å²) in [7, 11) is 0. The Bertz CT molecular complexity index is 547. The van der Waals surface area contributed by atoms with Gasteiger partial charge in [0.1, 0.15) is 11.9 Å². The van der Waals surface area contributed by atoms with Crippen molar-refractivity contribution in [3.05, 3.63) is 35.6 Å². The Hall–Kier alpha value is -2.44. The molecule has 2 rings (SSSR count). The van der Waals surface area contributed by atoms with Gasteiger partial charge in [0.2, 0.25) is 5.91 Å². The van der Waals surface area contributed by atoms with Gasteiger partial charge in [-0.3, -0.25) is 14.9 Å². The van der Waals surface area contributed by atoms with E-state index in [4.69, 9.17) is 0 Å². The highest BCUT2D eigenvalue weighted by molar-refractivity contribution is 6.04. The zero-order valence-corrected chi connectivity index (χ0v) is 10.6. The molecule has 1 atom stereocenters. The number of imide groups is 1. The molecule has 1 aliphatic heterocycles. The highest BCUT2D eigenvalue weighted by Gasteiger charge is 2.29. The summed E-state index contributed by atoms with van der Waals surface area (Å²) in [4.78, 5) is 33.7. The Kier molecular flexibility index (Phi) is 4.29. The molecule has 1 unspecified atom stereocenters. The van der Waals surface area contributed by atoms with Crippen LogP contribution in [-0.2, 0) is 16.0 Å². The molecule has 0 saturated carbocycles. The van der Waals surface area contributed by atoms with Crippen LogP contribution in [0.2, 0.25) is 0 Å². The number of aryl methyl sites for hydroxylation is 1. The number of rotatable bonds is 5. The zero-order chi connectivity index (χ0) is 14.5. The molecule has 0 spiro atoms. The fourth-order valence-electron chi connectivity index (χ4n) is 1.86. The van der Waals surface area contributed by atoms with Crippen molar-refractivity contribution in [2.24, 2.45) is 0 Å². The van der Waals surface area contributed by atoms with Crippen LogP contribution in [0.15, 0.2) is 24.3 Å². The number of amides is 4. The number of benzene rings is 1. The van der Waals surface area contributed by atoms with E-state index in [-0.39, 0.29) is 24.7 Å². The van der Waals surface area contributed by atoms with Gasteiger partial charge in [-0.25, -0.2) is 9.18 Å². The first kappa shape index (κ1) is 14.0. The predicted octanol–water partition coefficient (Wildman–Crippen LogP) is 0.0825. The standard InChI is InChI=1S/C13H14FN3O3/c14-9-3-1-2-8(6-9)4-5-11(18)15-7-10-12(19)17-13(20)16-10/h1-3,6,10H,4-5,7H2,(H,15,18)(H2,16,17,19,20). The second-order valence-corrected chi connectivity index (χ2v) is 4.45. The summed E-state index contributed by atoms with van der Waals surface area (Å²) in [6.45, 7) is 0.0412. The summed E-state index contributed by atoms with van der Waals surface area (Å²) in [5.41, 5.74) is 0.729. The van der Waals surface area contributed by atoms with E-state index < -0.39 is 18.0 Å². The Labute approximate surface area is 114 Å². The first-order chi connectivity index (χ1) is 9.54. The van der Waals surface area contributed by atoms with Gasteiger partial charge in [0, 0.05) is 13.0 Å². The van der Waals surface area contributed by atoms with Crippen LogP contribution in [0.5, 0.6) is 0 Å². The summed E-state index contributed by atoms with van der Waals surface area (Å²) in [6, 6.07) is 4.74. The third-order valence-corrected chi connectivity index (χ3v) is 2.89. The molecule has 4 amide bonds. The molecular weight excluding hydrogens is 265 g/mol. The Morgan fingerprint density at radius 3 is 2.80 bits per heavy atom. The number of carbonyl (C=O) groups excluding carboxylic acids is 3. The topological polar surface area (TPSA) is 87.3 Å². The van der Waals surface area contributed by atoms with E-state index in [1.807, 2.05) is 0 Å². The summed E-state index contributed by atoms with van der Waals surface area (Å²) in [5.74, 6) is -1.06. The van der Waals surface area contributed by atoms with Gasteiger partial charge in [-0.15, -0.1) is 0 Å². The van der Waals surface area contributed by atoms with Gasteiger partial charge in [-0.1, -0.05) is 12.1 Å². The molecule has 1 saturated heterocycles. The Morgan fingerprint density at radius 1 is 1.35 bits per heavy atom. The lowest BCUT2D eigenvalue weighted by atomic mass is 10.1. The minimum Gasteiger partial charge on any atom is -0.353 e. The van der Waals surface area contributed by atoms with E-state index in [1.54, 1.807) is 12.1 Å². The Balaban J connectivity index is 1.73. The molecule has 0 radical (unpaired) electrons. The number of hydrogen-bond donors (Lipinski definition) is 3. The molecule has 1 fully saturated rings. The van der Waals surface area contributed by atoms with Crippen molar-refractivity contribution in [2.75, 3.05) is 6.54 Å². The number of hydrogen-bond acceptors (Lipinski definition) is 3. The van der Waals surface area contributed by atoms with Crippen molar-refractivity contribution in [3.63, 3.8) is 0 Å². The fourth-order valence-corrected chi connectivity index (χ4v) is 1.86. The highest BCUT2D eigenvalue weighted by Crippen LogP contribution is 2.06. The molecule has 6 nitrogen and oxygen atoms in total. The molecular formula is C13H14FN3O3. The maximum Gasteiger partial charge on any atom is 0.322 e. The monoisotopic (exact) mass is 279 g/mol. The van der Waals surface area contributed by atoms with E-state index >= 15 is 0 Å². The van der Waals surface area contributed by atoms with Crippen LogP contribution in [0.3, 0.4) is 0 Å². The first-order valence-electron chi connectivity index (χ1n) is 6.17. The third-order valence-electron chi connectivity index (χ3n) is 2.89. The first-order valence-corrected chi connectivity index (χ1v) is 6.17. The molecule has 7 heteroatoms. The van der Waals surface area contributed by atoms with Gasteiger partial charge in [-0.2, -0.15) is 0 Å². The van der Waals surface area contributed by atoms with Gasteiger partial charge in [0.05, 0.1) is 0 Å². The van der Waals surface area contributed by atoms with Crippen molar-refractivity contribution in [1.82, 2.24) is 16.0 Å². The third kappa shape index (κ3) is 3.78. The van der Waals surface area contributed by atoms with Crippen molar-refractivity contribution in [1.29, 1.82) is 0 Å². The van der Waals surface area contributed by atoms with Gasteiger partial charge in [0.15, 0.2) is 0 Å². The number of carbonyl (C=O) groups is 3. The number of urea groups is 1. The lowest BCUT2D eigenvalue weighted by molar-refractivity contribution is -0.122. The quantitative estimate of drug-likeness (QED) is 0.667. The van der Waals surface area contributed by atoms with Crippen molar-refractivity contribution in [3.8, 4) is 0 Å². The van der Waals surface area contributed by atoms with Crippen LogP contribution < -0.4 is 16.0 Å². The summed E-state index contributed by atoms with van der Waals surface area (Å²) in [6.07, 6.45) is 0.596. The van der Waals surface area contributed by atoms with Gasteiger partial charge in [0.25, 0.3) is 5.91 Å². The second-order valence-electron chi connectivity index (χ2n) is 4.45. The Morgan fingerprint density at radius 2 is 2.15 bits per heavy atom. The minimum atomic E-state index is -0.736. The molecule has 1 heterocycles. The van der Waals surface area contributed by atoms with Crippen molar-refractivity contribution < 1.29 is 18.8 Å². The molecule has 1 aromatic rings. The van der Waals surface area contributed by atoms with Crippen LogP contribution in [0, 0.1) is 5.82 Å². The van der Waals surface area contributed by atoms with Crippen LogP contribution in [0.4, 0.5) is 9.18 Å². The molecule has 3 N–H and O–H groups in total. The lowest BCUT2D eigenvalue weighted by Gasteiger charge is -2.09. The van der Waals surface area contributed by atoms with Crippen LogP contribution >= 0.6 is 0 Å². The molecule has 20 heavy (non-hydrogen) atoms. The summed E-state index contributed by atoms with van der Waals surface area (Å²) in [5, 5.41) is 7.00. The van der Waals surface area contributed by atoms with Crippen molar-refractivity contribution in [2.45, 2.75) is 18.9 Å². The largest absolute Gasteiger partial charge is 0.353 e. The SMILES string of the molecule is O=C(CCc1cccc(F)c1)NCC1NC(=O)NC1=O. The average Bonchev–Trinajstić information content (AvgIpc) is 2.72. The van der Waals surface area contributed by atoms with Gasteiger partial charge < -0.3 is 10.6 Å². The minimum absolute atomic E-state index is 0.0412. The lowest BCUT2D eigenvalue weighted by Crippen LogP contribution is -2.41. The molecule has 1 aliphatic rings. The van der Waals surface area contributed by atoms with Crippen LogP contribution in [-0.4, -0.2) is 30.4 Å². The maximum atomic E-state index is 12.9. The van der Waals surface area contributed by atoms with Crippen LogP contribution in [0.25, 0.3) is 0 Å². The molecule has 0 aromatic heterocycles. The second kappa shape index (κ2) is 6.14. The van der Waals surface area contributed by atoms with E-state index in [9.17, 15) is 18.8 Å². The number of nitrogens with one attached hydrogen (secondary N) is 3. The molecule has 106 valence electrons. The van der Waals surface area contributed by atoms with E-state index in [0.717, 1.165) is 5.56 Å². The van der Waals surface area contributed by atoms with E-state index in [0.29, 0.717) is 6.42 Å². The fraction of sp³-hybridized carbons (Fsp3) is 0.308. The predicted molar refractivity (Wildman–Crippen MR) is 68.2 cm³/mol. The van der Waals surface area contributed by atoms with E-state index in [1.165, 1.54) is 12.1 Å². The van der Waals surface area contributed by atoms with Gasteiger partial charge >= 0.3 is 6.03 Å². The van der Waals surface area contributed by atoms with E-state index in [2.05, 4.69) is 16.0 Å². The number of halogens is 1. The average molecular weight is 279 g/mol. The van der Waals surface area contributed by atoms with Crippen LogP contribution in [0.1, 0.15) is 12.0 Å². The smallest absolute Gasteiger partial charge is 0.322 e. The van der Waals surface area contributed by atoms with Gasteiger partial charge in [-0.05, 0) is 24.1 Å². The molecule has 1 aromatic carbocycles. The summed E-state index contributed by atoms with van der Waals surface area (Å²) < 4.78 is 12.9. The summed E-state index contributed by atoms with van der Waals surface area (Å²) >= 11 is 0. The van der Waals surface area contributed by atoms with Crippen molar-refractivity contribution >= 4 is 17.8 Å². The zero-order valence-electron chi connectivity index (χ0n) is 10.6. The maximum absolute atomic E-state index is 12.9. The highest BCUT2D eigenvalue weighted by atomic mass is 19.1. The normalized spacial score (nSPS) is 17.6. The molecule has 0 aliphatic carbocycles. The molecule has 0 bridgehead atoms.